The number of para-hydroxylation sites is 1. The van der Waals surface area contributed by atoms with Crippen molar-refractivity contribution < 1.29 is 9.57 Å². The van der Waals surface area contributed by atoms with Crippen LogP contribution in [0.1, 0.15) is 12.5 Å². The predicted molar refractivity (Wildman–Crippen MR) is 60.6 cm³/mol. The topological polar surface area (TPSA) is 44.5 Å². The van der Waals surface area contributed by atoms with Crippen molar-refractivity contribution in [2.24, 2.45) is 5.90 Å². The van der Waals surface area contributed by atoms with Crippen LogP contribution in [0.4, 0.5) is 0 Å². The van der Waals surface area contributed by atoms with Crippen molar-refractivity contribution in [3.63, 3.8) is 0 Å². The molecule has 0 heterocycles. The first-order chi connectivity index (χ1) is 7.24. The van der Waals surface area contributed by atoms with Crippen LogP contribution < -0.4 is 10.6 Å². The molecule has 0 aliphatic carbocycles. The molecule has 82 valence electrons. The zero-order chi connectivity index (χ0) is 11.1. The van der Waals surface area contributed by atoms with E-state index in [-0.39, 0.29) is 0 Å². The van der Waals surface area contributed by atoms with Crippen molar-refractivity contribution in [1.29, 1.82) is 0 Å². The summed E-state index contributed by atoms with van der Waals surface area (Å²) in [6.45, 7) is 6.76. The van der Waals surface area contributed by atoms with Crippen LogP contribution >= 0.6 is 0 Å². The maximum absolute atomic E-state index is 5.60. The minimum atomic E-state index is 0.493. The SMILES string of the molecule is C=C(C)COc1ccccc1CCON. The molecule has 0 saturated carbocycles. The smallest absolute Gasteiger partial charge is 0.123 e. The molecule has 0 fully saturated rings. The highest BCUT2D eigenvalue weighted by Gasteiger charge is 2.02. The van der Waals surface area contributed by atoms with E-state index < -0.39 is 0 Å². The summed E-state index contributed by atoms with van der Waals surface area (Å²) in [7, 11) is 0. The minimum absolute atomic E-state index is 0.493. The van der Waals surface area contributed by atoms with Crippen molar-refractivity contribution >= 4 is 0 Å². The summed E-state index contributed by atoms with van der Waals surface area (Å²) >= 11 is 0. The molecule has 3 heteroatoms. The zero-order valence-electron chi connectivity index (χ0n) is 9.03. The van der Waals surface area contributed by atoms with E-state index in [9.17, 15) is 0 Å². The Morgan fingerprint density at radius 1 is 1.40 bits per heavy atom. The molecule has 0 aliphatic rings. The largest absolute Gasteiger partial charge is 0.489 e. The molecule has 0 spiro atoms. The Bertz CT molecular complexity index is 323. The van der Waals surface area contributed by atoms with Gasteiger partial charge in [-0.05, 0) is 24.1 Å². The van der Waals surface area contributed by atoms with Crippen molar-refractivity contribution in [2.45, 2.75) is 13.3 Å². The number of rotatable bonds is 6. The van der Waals surface area contributed by atoms with Crippen LogP contribution in [0.5, 0.6) is 5.75 Å². The molecule has 0 amide bonds. The zero-order valence-corrected chi connectivity index (χ0v) is 9.03. The predicted octanol–water partition coefficient (Wildman–Crippen LogP) is 2.07. The van der Waals surface area contributed by atoms with E-state index in [0.29, 0.717) is 13.2 Å². The third-order valence-electron chi connectivity index (χ3n) is 1.94. The fourth-order valence-electron chi connectivity index (χ4n) is 1.22. The van der Waals surface area contributed by atoms with E-state index in [1.54, 1.807) is 0 Å². The Labute approximate surface area is 90.5 Å². The first-order valence-electron chi connectivity index (χ1n) is 4.91. The van der Waals surface area contributed by atoms with E-state index in [0.717, 1.165) is 23.3 Å². The molecule has 2 N–H and O–H groups in total. The fraction of sp³-hybridized carbons (Fsp3) is 0.333. The summed E-state index contributed by atoms with van der Waals surface area (Å²) in [5.74, 6) is 5.87. The summed E-state index contributed by atoms with van der Waals surface area (Å²) in [6.07, 6.45) is 0.753. The molecular formula is C12H17NO2. The lowest BCUT2D eigenvalue weighted by Gasteiger charge is -2.10. The normalized spacial score (nSPS) is 10.0. The second-order valence-corrected chi connectivity index (χ2v) is 3.47. The summed E-state index contributed by atoms with van der Waals surface area (Å²) in [5.41, 5.74) is 2.10. The van der Waals surface area contributed by atoms with Crippen LogP contribution in [-0.2, 0) is 11.3 Å². The molecule has 0 unspecified atom stereocenters. The van der Waals surface area contributed by atoms with E-state index >= 15 is 0 Å². The van der Waals surface area contributed by atoms with Gasteiger partial charge in [0.05, 0.1) is 6.61 Å². The van der Waals surface area contributed by atoms with Gasteiger partial charge in [-0.3, -0.25) is 0 Å². The molecule has 3 nitrogen and oxygen atoms in total. The highest BCUT2D eigenvalue weighted by Crippen LogP contribution is 2.18. The van der Waals surface area contributed by atoms with Gasteiger partial charge in [0.15, 0.2) is 0 Å². The van der Waals surface area contributed by atoms with Crippen LogP contribution in [0.15, 0.2) is 36.4 Å². The Morgan fingerprint density at radius 2 is 2.13 bits per heavy atom. The first kappa shape index (κ1) is 11.8. The summed E-state index contributed by atoms with van der Waals surface area (Å²) in [5, 5.41) is 0. The van der Waals surface area contributed by atoms with Crippen molar-refractivity contribution in [3.05, 3.63) is 42.0 Å². The standard InChI is InChI=1S/C12H17NO2/c1-10(2)9-14-12-6-4-3-5-11(12)7-8-15-13/h3-6H,1,7-9,13H2,2H3. The molecule has 1 rings (SSSR count). The number of hydrogen-bond acceptors (Lipinski definition) is 3. The number of nitrogens with two attached hydrogens (primary N) is 1. The molecular weight excluding hydrogens is 190 g/mol. The Kier molecular flexibility index (Phi) is 4.87. The molecule has 0 bridgehead atoms. The second-order valence-electron chi connectivity index (χ2n) is 3.47. The number of benzene rings is 1. The number of hydrogen-bond donors (Lipinski definition) is 1. The van der Waals surface area contributed by atoms with Gasteiger partial charge in [-0.15, -0.1) is 0 Å². The van der Waals surface area contributed by atoms with Gasteiger partial charge >= 0.3 is 0 Å². The van der Waals surface area contributed by atoms with Gasteiger partial charge in [-0.25, -0.2) is 5.90 Å². The lowest BCUT2D eigenvalue weighted by atomic mass is 10.1. The highest BCUT2D eigenvalue weighted by atomic mass is 16.6. The Balaban J connectivity index is 2.63. The van der Waals surface area contributed by atoms with Crippen LogP contribution in [0.2, 0.25) is 0 Å². The number of ether oxygens (including phenoxy) is 1. The molecule has 0 aromatic heterocycles. The monoisotopic (exact) mass is 207 g/mol. The summed E-state index contributed by atoms with van der Waals surface area (Å²) < 4.78 is 5.60. The maximum atomic E-state index is 5.60. The molecule has 0 aliphatic heterocycles. The molecule has 1 aromatic rings. The second kappa shape index (κ2) is 6.22. The first-order valence-corrected chi connectivity index (χ1v) is 4.91. The lowest BCUT2D eigenvalue weighted by Crippen LogP contribution is -2.06. The Morgan fingerprint density at radius 3 is 2.80 bits per heavy atom. The minimum Gasteiger partial charge on any atom is -0.489 e. The third kappa shape index (κ3) is 4.14. The van der Waals surface area contributed by atoms with Crippen molar-refractivity contribution in [1.82, 2.24) is 0 Å². The fourth-order valence-corrected chi connectivity index (χ4v) is 1.22. The van der Waals surface area contributed by atoms with Gasteiger partial charge < -0.3 is 9.57 Å². The van der Waals surface area contributed by atoms with Gasteiger partial charge in [0.25, 0.3) is 0 Å². The van der Waals surface area contributed by atoms with Crippen LogP contribution in [0.3, 0.4) is 0 Å². The maximum Gasteiger partial charge on any atom is 0.123 e. The van der Waals surface area contributed by atoms with Crippen LogP contribution in [0, 0.1) is 0 Å². The quantitative estimate of drug-likeness (QED) is 0.573. The van der Waals surface area contributed by atoms with Crippen molar-refractivity contribution in [2.75, 3.05) is 13.2 Å². The van der Waals surface area contributed by atoms with Gasteiger partial charge in [0.1, 0.15) is 12.4 Å². The molecule has 0 atom stereocenters. The lowest BCUT2D eigenvalue weighted by molar-refractivity contribution is 0.140. The van der Waals surface area contributed by atoms with E-state index in [4.69, 9.17) is 10.6 Å². The van der Waals surface area contributed by atoms with Gasteiger partial charge in [-0.2, -0.15) is 0 Å². The van der Waals surface area contributed by atoms with E-state index in [2.05, 4.69) is 11.4 Å². The third-order valence-corrected chi connectivity index (χ3v) is 1.94. The van der Waals surface area contributed by atoms with Crippen LogP contribution in [-0.4, -0.2) is 13.2 Å². The van der Waals surface area contributed by atoms with Crippen LogP contribution in [0.25, 0.3) is 0 Å². The van der Waals surface area contributed by atoms with Gasteiger partial charge in [0, 0.05) is 6.42 Å². The van der Waals surface area contributed by atoms with E-state index in [1.807, 2.05) is 31.2 Å². The van der Waals surface area contributed by atoms with Crippen molar-refractivity contribution in [3.8, 4) is 5.75 Å². The average Bonchev–Trinajstić information content (AvgIpc) is 2.24. The molecule has 15 heavy (non-hydrogen) atoms. The van der Waals surface area contributed by atoms with E-state index in [1.165, 1.54) is 0 Å². The molecule has 0 saturated heterocycles. The van der Waals surface area contributed by atoms with Gasteiger partial charge in [0.2, 0.25) is 0 Å². The summed E-state index contributed by atoms with van der Waals surface area (Å²) in [4.78, 5) is 4.55. The summed E-state index contributed by atoms with van der Waals surface area (Å²) in [6, 6.07) is 7.86. The average molecular weight is 207 g/mol. The molecule has 1 aromatic carbocycles. The van der Waals surface area contributed by atoms with Gasteiger partial charge in [-0.1, -0.05) is 24.8 Å². The molecule has 0 radical (unpaired) electrons. The Hall–Kier alpha value is -1.32. The highest BCUT2D eigenvalue weighted by molar-refractivity contribution is 5.33.